The first kappa shape index (κ1) is 23.3. The fourth-order valence-electron chi connectivity index (χ4n) is 5.04. The Morgan fingerprint density at radius 2 is 1.63 bits per heavy atom. The molecule has 2 heterocycles. The van der Waals surface area contributed by atoms with E-state index < -0.39 is 0 Å². The van der Waals surface area contributed by atoms with Crippen molar-refractivity contribution in [3.63, 3.8) is 0 Å². The summed E-state index contributed by atoms with van der Waals surface area (Å²) >= 11 is 0. The first-order valence-corrected chi connectivity index (χ1v) is 12.8. The number of likely N-dealkylation sites (tertiary alicyclic amines) is 1. The SMILES string of the molecule is CC(C)c1ccc(-c2cc(C(=O)NC3CC[NH+](Cc4ccccc4)CC3)c3ccccc3n2)cc1. The number of piperidine rings is 1. The monoisotopic (exact) mass is 464 g/mol. The van der Waals surface area contributed by atoms with Crippen LogP contribution in [0.4, 0.5) is 0 Å². The van der Waals surface area contributed by atoms with Crippen LogP contribution in [0.25, 0.3) is 22.2 Å². The number of carbonyl (C=O) groups excluding carboxylic acids is 1. The van der Waals surface area contributed by atoms with Crippen molar-refractivity contribution in [2.75, 3.05) is 13.1 Å². The number of carbonyl (C=O) groups is 1. The number of rotatable bonds is 6. The molecule has 1 aliphatic heterocycles. The summed E-state index contributed by atoms with van der Waals surface area (Å²) in [6.45, 7) is 7.59. The lowest BCUT2D eigenvalue weighted by molar-refractivity contribution is -0.918. The van der Waals surface area contributed by atoms with Crippen molar-refractivity contribution < 1.29 is 9.69 Å². The van der Waals surface area contributed by atoms with Gasteiger partial charge in [0.15, 0.2) is 0 Å². The number of nitrogens with one attached hydrogen (secondary N) is 2. The molecule has 3 aromatic carbocycles. The predicted molar refractivity (Wildman–Crippen MR) is 143 cm³/mol. The highest BCUT2D eigenvalue weighted by Gasteiger charge is 2.25. The van der Waals surface area contributed by atoms with E-state index in [0.717, 1.165) is 54.6 Å². The van der Waals surface area contributed by atoms with Gasteiger partial charge in [-0.05, 0) is 23.6 Å². The standard InChI is InChI=1S/C31H33N3O/c1-22(2)24-12-14-25(15-13-24)30-20-28(27-10-6-7-11-29(27)33-30)31(35)32-26-16-18-34(19-17-26)21-23-8-4-3-5-9-23/h3-15,20,22,26H,16-19,21H2,1-2H3,(H,32,35)/p+1. The van der Waals surface area contributed by atoms with Gasteiger partial charge in [-0.1, -0.05) is 86.6 Å². The van der Waals surface area contributed by atoms with Gasteiger partial charge in [-0.25, -0.2) is 4.98 Å². The van der Waals surface area contributed by atoms with E-state index in [0.29, 0.717) is 11.5 Å². The maximum absolute atomic E-state index is 13.5. The number of fused-ring (bicyclic) bond motifs is 1. The number of pyridine rings is 1. The summed E-state index contributed by atoms with van der Waals surface area (Å²) in [6.07, 6.45) is 2.00. The Kier molecular flexibility index (Phi) is 6.91. The molecule has 2 N–H and O–H groups in total. The number of para-hydroxylation sites is 1. The first-order valence-electron chi connectivity index (χ1n) is 12.8. The molecule has 0 atom stereocenters. The van der Waals surface area contributed by atoms with Crippen LogP contribution in [0.15, 0.2) is 84.9 Å². The summed E-state index contributed by atoms with van der Waals surface area (Å²) in [6, 6.07) is 29.3. The number of hydrogen-bond acceptors (Lipinski definition) is 2. The molecule has 0 spiro atoms. The first-order chi connectivity index (χ1) is 17.1. The van der Waals surface area contributed by atoms with Crippen molar-refractivity contribution >= 4 is 16.8 Å². The van der Waals surface area contributed by atoms with Gasteiger partial charge in [0.25, 0.3) is 5.91 Å². The number of aromatic nitrogens is 1. The van der Waals surface area contributed by atoms with Crippen molar-refractivity contribution in [3.05, 3.63) is 102 Å². The lowest BCUT2D eigenvalue weighted by Gasteiger charge is -2.30. The van der Waals surface area contributed by atoms with Gasteiger partial charge in [0.1, 0.15) is 6.54 Å². The van der Waals surface area contributed by atoms with E-state index in [2.05, 4.69) is 73.8 Å². The fourth-order valence-corrected chi connectivity index (χ4v) is 5.04. The number of amides is 1. The molecule has 178 valence electrons. The van der Waals surface area contributed by atoms with Crippen LogP contribution in [0.5, 0.6) is 0 Å². The molecule has 1 fully saturated rings. The summed E-state index contributed by atoms with van der Waals surface area (Å²) in [5.74, 6) is 0.482. The van der Waals surface area contributed by atoms with Crippen molar-refractivity contribution in [1.82, 2.24) is 10.3 Å². The van der Waals surface area contributed by atoms with E-state index in [1.807, 2.05) is 30.3 Å². The van der Waals surface area contributed by atoms with Crippen molar-refractivity contribution in [1.29, 1.82) is 0 Å². The maximum Gasteiger partial charge on any atom is 0.252 e. The molecule has 0 aliphatic carbocycles. The van der Waals surface area contributed by atoms with Crippen LogP contribution < -0.4 is 10.2 Å². The molecular formula is C31H34N3O+. The van der Waals surface area contributed by atoms with E-state index in [4.69, 9.17) is 4.98 Å². The Morgan fingerprint density at radius 3 is 2.34 bits per heavy atom. The topological polar surface area (TPSA) is 46.4 Å². The lowest BCUT2D eigenvalue weighted by atomic mass is 9.98. The van der Waals surface area contributed by atoms with Crippen molar-refractivity contribution in [3.8, 4) is 11.3 Å². The molecular weight excluding hydrogens is 430 g/mol. The molecule has 4 heteroatoms. The minimum atomic E-state index is 0.000148. The third-order valence-electron chi connectivity index (χ3n) is 7.16. The zero-order chi connectivity index (χ0) is 24.2. The van der Waals surface area contributed by atoms with Gasteiger partial charge in [-0.15, -0.1) is 0 Å². The van der Waals surface area contributed by atoms with Gasteiger partial charge in [-0.2, -0.15) is 0 Å². The minimum Gasteiger partial charge on any atom is -0.349 e. The van der Waals surface area contributed by atoms with E-state index >= 15 is 0 Å². The van der Waals surface area contributed by atoms with Crippen molar-refractivity contribution in [2.45, 2.75) is 45.2 Å². The quantitative estimate of drug-likeness (QED) is 0.422. The highest BCUT2D eigenvalue weighted by molar-refractivity contribution is 6.07. The summed E-state index contributed by atoms with van der Waals surface area (Å²) in [7, 11) is 0. The summed E-state index contributed by atoms with van der Waals surface area (Å²) in [4.78, 5) is 19.9. The Bertz CT molecular complexity index is 1290. The van der Waals surface area contributed by atoms with E-state index in [1.54, 1.807) is 4.90 Å². The second kappa shape index (κ2) is 10.4. The van der Waals surface area contributed by atoms with Crippen LogP contribution in [0, 0.1) is 0 Å². The second-order valence-electron chi connectivity index (χ2n) is 10.0. The Labute approximate surface area is 208 Å². The maximum atomic E-state index is 13.5. The molecule has 5 rings (SSSR count). The number of quaternary nitrogens is 1. The largest absolute Gasteiger partial charge is 0.349 e. The molecule has 1 aliphatic rings. The van der Waals surface area contributed by atoms with Crippen molar-refractivity contribution in [2.24, 2.45) is 0 Å². The van der Waals surface area contributed by atoms with Crippen LogP contribution in [-0.4, -0.2) is 30.0 Å². The van der Waals surface area contributed by atoms with Crippen LogP contribution in [-0.2, 0) is 6.54 Å². The van der Waals surface area contributed by atoms with Crippen LogP contribution in [0.2, 0.25) is 0 Å². The highest BCUT2D eigenvalue weighted by Crippen LogP contribution is 2.26. The molecule has 0 unspecified atom stereocenters. The smallest absolute Gasteiger partial charge is 0.252 e. The van der Waals surface area contributed by atoms with Crippen LogP contribution in [0.1, 0.15) is 54.1 Å². The molecule has 0 radical (unpaired) electrons. The summed E-state index contributed by atoms with van der Waals surface area (Å²) in [5, 5.41) is 4.24. The van der Waals surface area contributed by atoms with Gasteiger partial charge in [-0.3, -0.25) is 4.79 Å². The fraction of sp³-hybridized carbons (Fsp3) is 0.290. The zero-order valence-corrected chi connectivity index (χ0v) is 20.6. The van der Waals surface area contributed by atoms with Crippen LogP contribution in [0.3, 0.4) is 0 Å². The number of benzene rings is 3. The second-order valence-corrected chi connectivity index (χ2v) is 10.0. The zero-order valence-electron chi connectivity index (χ0n) is 20.6. The van der Waals surface area contributed by atoms with Gasteiger partial charge >= 0.3 is 0 Å². The number of hydrogen-bond donors (Lipinski definition) is 2. The van der Waals surface area contributed by atoms with Gasteiger partial charge in [0.05, 0.1) is 29.9 Å². The molecule has 0 bridgehead atoms. The third-order valence-corrected chi connectivity index (χ3v) is 7.16. The van der Waals surface area contributed by atoms with E-state index in [9.17, 15) is 4.79 Å². The van der Waals surface area contributed by atoms with Gasteiger partial charge in [0, 0.05) is 35.4 Å². The van der Waals surface area contributed by atoms with Crippen LogP contribution >= 0.6 is 0 Å². The molecule has 0 saturated carbocycles. The molecule has 1 saturated heterocycles. The van der Waals surface area contributed by atoms with E-state index in [-0.39, 0.29) is 11.9 Å². The predicted octanol–water partition coefficient (Wildman–Crippen LogP) is 5.00. The molecule has 4 nitrogen and oxygen atoms in total. The average molecular weight is 465 g/mol. The highest BCUT2D eigenvalue weighted by atomic mass is 16.1. The molecule has 35 heavy (non-hydrogen) atoms. The third kappa shape index (κ3) is 5.44. The average Bonchev–Trinajstić information content (AvgIpc) is 2.90. The molecule has 4 aromatic rings. The molecule has 1 amide bonds. The van der Waals surface area contributed by atoms with Gasteiger partial charge in [0.2, 0.25) is 0 Å². The Balaban J connectivity index is 1.32. The Morgan fingerprint density at radius 1 is 0.943 bits per heavy atom. The summed E-state index contributed by atoms with van der Waals surface area (Å²) < 4.78 is 0. The van der Waals surface area contributed by atoms with Gasteiger partial charge < -0.3 is 10.2 Å². The summed E-state index contributed by atoms with van der Waals surface area (Å²) in [5.41, 5.74) is 6.11. The normalized spacial score (nSPS) is 18.0. The lowest BCUT2D eigenvalue weighted by Crippen LogP contribution is -3.12. The van der Waals surface area contributed by atoms with E-state index in [1.165, 1.54) is 11.1 Å². The minimum absolute atomic E-state index is 0.000148. The molecule has 1 aromatic heterocycles. The number of nitrogens with zero attached hydrogens (tertiary/aromatic N) is 1. The Hall–Kier alpha value is -3.50.